The van der Waals surface area contributed by atoms with E-state index >= 15 is 0 Å². The van der Waals surface area contributed by atoms with Gasteiger partial charge in [0.25, 0.3) is 0 Å². The molecule has 1 fully saturated rings. The molecule has 1 saturated heterocycles. The van der Waals surface area contributed by atoms with Gasteiger partial charge in [0.1, 0.15) is 5.82 Å². The minimum atomic E-state index is -0.271. The van der Waals surface area contributed by atoms with Crippen LogP contribution in [0.25, 0.3) is 0 Å². The number of hydrogen-bond donors (Lipinski definition) is 1. The molecule has 4 rings (SSSR count). The second kappa shape index (κ2) is 9.69. The summed E-state index contributed by atoms with van der Waals surface area (Å²) in [6.07, 6.45) is 2.95. The molecular weight excluding hydrogens is 395 g/mol. The Morgan fingerprint density at radius 3 is 2.58 bits per heavy atom. The second-order valence-electron chi connectivity index (χ2n) is 8.73. The van der Waals surface area contributed by atoms with Crippen LogP contribution in [0.2, 0.25) is 0 Å². The molecule has 31 heavy (non-hydrogen) atoms. The van der Waals surface area contributed by atoms with Gasteiger partial charge in [0, 0.05) is 12.5 Å². The van der Waals surface area contributed by atoms with Crippen LogP contribution in [0, 0.1) is 11.7 Å². The lowest BCUT2D eigenvalue weighted by Gasteiger charge is -2.28. The van der Waals surface area contributed by atoms with Crippen molar-refractivity contribution in [1.82, 2.24) is 10.2 Å². The summed E-state index contributed by atoms with van der Waals surface area (Å²) < 4.78 is 24.9. The van der Waals surface area contributed by atoms with E-state index in [1.54, 1.807) is 12.1 Å². The number of carbonyl (C=O) groups is 1. The summed E-state index contributed by atoms with van der Waals surface area (Å²) in [7, 11) is 0. The molecule has 0 saturated carbocycles. The molecule has 0 aliphatic carbocycles. The summed E-state index contributed by atoms with van der Waals surface area (Å²) >= 11 is 0. The minimum Gasteiger partial charge on any atom is -0.490 e. The number of halogens is 1. The van der Waals surface area contributed by atoms with Crippen LogP contribution >= 0.6 is 0 Å². The molecule has 0 aromatic heterocycles. The summed E-state index contributed by atoms with van der Waals surface area (Å²) in [4.78, 5) is 15.2. The molecule has 2 aromatic carbocycles. The smallest absolute Gasteiger partial charge is 0.234 e. The Morgan fingerprint density at radius 1 is 1.10 bits per heavy atom. The topological polar surface area (TPSA) is 50.8 Å². The van der Waals surface area contributed by atoms with Crippen molar-refractivity contribution in [2.75, 3.05) is 26.3 Å². The highest BCUT2D eigenvalue weighted by molar-refractivity contribution is 5.78. The van der Waals surface area contributed by atoms with Crippen LogP contribution in [0.3, 0.4) is 0 Å². The molecule has 6 heteroatoms. The molecule has 166 valence electrons. The maximum absolute atomic E-state index is 13.3. The standard InChI is InChI=1S/C25H31FN2O3/c1-17(2)25(18-6-9-20(26)10-7-18)27-24(29)16-28-12-3-5-21(28)19-8-11-22-23(15-19)31-14-4-13-30-22/h6-11,15,17,21,25H,3-5,12-14,16H2,1-2H3,(H,27,29)/t21-,25-/m1/s1. The minimum absolute atomic E-state index is 0.00994. The zero-order chi connectivity index (χ0) is 21.8. The van der Waals surface area contributed by atoms with Crippen LogP contribution in [-0.2, 0) is 4.79 Å². The largest absolute Gasteiger partial charge is 0.490 e. The predicted octanol–water partition coefficient (Wildman–Crippen LogP) is 4.64. The highest BCUT2D eigenvalue weighted by Crippen LogP contribution is 2.37. The molecule has 1 amide bonds. The zero-order valence-corrected chi connectivity index (χ0v) is 18.3. The molecule has 0 bridgehead atoms. The molecule has 2 aliphatic heterocycles. The quantitative estimate of drug-likeness (QED) is 0.731. The van der Waals surface area contributed by atoms with E-state index in [0.29, 0.717) is 19.8 Å². The number of rotatable bonds is 6. The highest BCUT2D eigenvalue weighted by Gasteiger charge is 2.29. The van der Waals surface area contributed by atoms with Gasteiger partial charge in [-0.05, 0) is 60.7 Å². The van der Waals surface area contributed by atoms with Gasteiger partial charge in [0.2, 0.25) is 5.91 Å². The first-order valence-electron chi connectivity index (χ1n) is 11.2. The molecule has 0 unspecified atom stereocenters. The van der Waals surface area contributed by atoms with Crippen molar-refractivity contribution in [2.45, 2.75) is 45.2 Å². The lowest BCUT2D eigenvalue weighted by Crippen LogP contribution is -2.40. The van der Waals surface area contributed by atoms with E-state index < -0.39 is 0 Å². The van der Waals surface area contributed by atoms with Gasteiger partial charge >= 0.3 is 0 Å². The Balaban J connectivity index is 1.43. The molecule has 0 radical (unpaired) electrons. The van der Waals surface area contributed by atoms with Crippen molar-refractivity contribution in [3.8, 4) is 11.5 Å². The van der Waals surface area contributed by atoms with Gasteiger partial charge in [-0.1, -0.05) is 32.0 Å². The Morgan fingerprint density at radius 2 is 1.84 bits per heavy atom. The highest BCUT2D eigenvalue weighted by atomic mass is 19.1. The van der Waals surface area contributed by atoms with Crippen molar-refractivity contribution < 1.29 is 18.7 Å². The number of fused-ring (bicyclic) bond motifs is 1. The van der Waals surface area contributed by atoms with Crippen LogP contribution in [0.4, 0.5) is 4.39 Å². The molecular formula is C25H31FN2O3. The number of nitrogens with zero attached hydrogens (tertiary/aromatic N) is 1. The van der Waals surface area contributed by atoms with Crippen LogP contribution in [0.5, 0.6) is 11.5 Å². The van der Waals surface area contributed by atoms with Crippen LogP contribution in [0.15, 0.2) is 42.5 Å². The second-order valence-corrected chi connectivity index (χ2v) is 8.73. The first kappa shape index (κ1) is 21.6. The van der Waals surface area contributed by atoms with E-state index in [-0.39, 0.29) is 29.7 Å². The third-order valence-corrected chi connectivity index (χ3v) is 6.08. The van der Waals surface area contributed by atoms with Crippen LogP contribution < -0.4 is 14.8 Å². The Bertz CT molecular complexity index is 900. The molecule has 2 aromatic rings. The zero-order valence-electron chi connectivity index (χ0n) is 18.3. The number of benzene rings is 2. The van der Waals surface area contributed by atoms with E-state index in [0.717, 1.165) is 48.4 Å². The number of likely N-dealkylation sites (tertiary alicyclic amines) is 1. The van der Waals surface area contributed by atoms with Gasteiger partial charge in [-0.25, -0.2) is 4.39 Å². The monoisotopic (exact) mass is 426 g/mol. The SMILES string of the molecule is CC(C)[C@@H](NC(=O)CN1CCC[C@@H]1c1ccc2c(c1)OCCCO2)c1ccc(F)cc1. The number of ether oxygens (including phenoxy) is 2. The number of nitrogens with one attached hydrogen (secondary N) is 1. The van der Waals surface area contributed by atoms with E-state index in [1.165, 1.54) is 12.1 Å². The van der Waals surface area contributed by atoms with Gasteiger partial charge in [-0.15, -0.1) is 0 Å². The summed E-state index contributed by atoms with van der Waals surface area (Å²) in [5.41, 5.74) is 2.08. The van der Waals surface area contributed by atoms with Crippen molar-refractivity contribution in [3.63, 3.8) is 0 Å². The van der Waals surface area contributed by atoms with Crippen molar-refractivity contribution in [3.05, 3.63) is 59.4 Å². The van der Waals surface area contributed by atoms with Gasteiger partial charge in [0.15, 0.2) is 11.5 Å². The fourth-order valence-corrected chi connectivity index (χ4v) is 4.49. The van der Waals surface area contributed by atoms with Gasteiger partial charge in [0.05, 0.1) is 25.8 Å². The molecule has 0 spiro atoms. The molecule has 5 nitrogen and oxygen atoms in total. The fraction of sp³-hybridized carbons (Fsp3) is 0.480. The number of carbonyl (C=O) groups excluding carboxylic acids is 1. The first-order valence-corrected chi connectivity index (χ1v) is 11.2. The van der Waals surface area contributed by atoms with E-state index in [2.05, 4.69) is 36.2 Å². The summed E-state index contributed by atoms with van der Waals surface area (Å²) in [6, 6.07) is 12.6. The maximum Gasteiger partial charge on any atom is 0.234 e. The number of amides is 1. The van der Waals surface area contributed by atoms with E-state index in [4.69, 9.17) is 9.47 Å². The van der Waals surface area contributed by atoms with Crippen molar-refractivity contribution in [2.24, 2.45) is 5.92 Å². The van der Waals surface area contributed by atoms with Crippen LogP contribution in [-0.4, -0.2) is 37.1 Å². The maximum atomic E-state index is 13.3. The summed E-state index contributed by atoms with van der Waals surface area (Å²) in [5.74, 6) is 1.51. The Kier molecular flexibility index (Phi) is 6.76. The normalized spacial score (nSPS) is 19.8. The van der Waals surface area contributed by atoms with Crippen LogP contribution in [0.1, 0.15) is 56.3 Å². The van der Waals surface area contributed by atoms with Crippen molar-refractivity contribution >= 4 is 5.91 Å². The summed E-state index contributed by atoms with van der Waals surface area (Å²) in [5, 5.41) is 3.16. The lowest BCUT2D eigenvalue weighted by molar-refractivity contribution is -0.123. The lowest BCUT2D eigenvalue weighted by atomic mass is 9.96. The van der Waals surface area contributed by atoms with Crippen molar-refractivity contribution in [1.29, 1.82) is 0 Å². The predicted molar refractivity (Wildman–Crippen MR) is 118 cm³/mol. The summed E-state index contributed by atoms with van der Waals surface area (Å²) in [6.45, 7) is 6.68. The number of hydrogen-bond acceptors (Lipinski definition) is 4. The molecule has 2 heterocycles. The van der Waals surface area contributed by atoms with Gasteiger partial charge in [-0.2, -0.15) is 0 Å². The third kappa shape index (κ3) is 5.18. The van der Waals surface area contributed by atoms with Gasteiger partial charge < -0.3 is 14.8 Å². The first-order chi connectivity index (χ1) is 15.0. The average Bonchev–Trinajstić information content (AvgIpc) is 3.08. The van der Waals surface area contributed by atoms with Gasteiger partial charge in [-0.3, -0.25) is 9.69 Å². The molecule has 1 N–H and O–H groups in total. The van der Waals surface area contributed by atoms with E-state index in [1.807, 2.05) is 6.07 Å². The average molecular weight is 427 g/mol. The molecule has 2 atom stereocenters. The fourth-order valence-electron chi connectivity index (χ4n) is 4.49. The Labute approximate surface area is 183 Å². The van der Waals surface area contributed by atoms with E-state index in [9.17, 15) is 9.18 Å². The molecule has 2 aliphatic rings. The Hall–Kier alpha value is -2.60. The third-order valence-electron chi connectivity index (χ3n) is 6.08.